The van der Waals surface area contributed by atoms with Gasteiger partial charge < -0.3 is 20.4 Å². The van der Waals surface area contributed by atoms with Crippen molar-refractivity contribution >= 4 is 29.1 Å². The second-order valence-electron chi connectivity index (χ2n) is 7.85. The molecule has 0 amide bonds. The zero-order valence-electron chi connectivity index (χ0n) is 19.1. The van der Waals surface area contributed by atoms with Crippen molar-refractivity contribution in [1.29, 1.82) is 0 Å². The van der Waals surface area contributed by atoms with Gasteiger partial charge in [-0.25, -0.2) is 4.79 Å². The van der Waals surface area contributed by atoms with Crippen molar-refractivity contribution in [3.63, 3.8) is 0 Å². The summed E-state index contributed by atoms with van der Waals surface area (Å²) in [6.45, 7) is 3.62. The maximum atomic E-state index is 13.5. The fourth-order valence-electron chi connectivity index (χ4n) is 3.91. The van der Waals surface area contributed by atoms with Gasteiger partial charge in [0.1, 0.15) is 0 Å². The summed E-state index contributed by atoms with van der Waals surface area (Å²) in [4.78, 5) is 38.0. The van der Waals surface area contributed by atoms with Gasteiger partial charge in [0.2, 0.25) is 11.8 Å². The van der Waals surface area contributed by atoms with Crippen LogP contribution in [0.3, 0.4) is 0 Å². The third kappa shape index (κ3) is 4.89. The topological polar surface area (TPSA) is 95.0 Å². The third-order valence-corrected chi connectivity index (χ3v) is 5.58. The number of para-hydroxylation sites is 1. The fourth-order valence-corrected chi connectivity index (χ4v) is 3.91. The van der Waals surface area contributed by atoms with Crippen LogP contribution in [-0.4, -0.2) is 65.6 Å². The number of hydrogen-bond donors (Lipinski definition) is 2. The van der Waals surface area contributed by atoms with Crippen molar-refractivity contribution in [2.24, 2.45) is 7.05 Å². The Balaban J connectivity index is 1.85. The van der Waals surface area contributed by atoms with Gasteiger partial charge in [-0.15, -0.1) is 11.0 Å². The Morgan fingerprint density at radius 2 is 1.94 bits per heavy atom. The maximum absolute atomic E-state index is 13.5. The number of rotatable bonds is 5. The van der Waals surface area contributed by atoms with Crippen molar-refractivity contribution in [2.75, 3.05) is 48.0 Å². The number of hydrogen-bond acceptors (Lipinski definition) is 9. The number of halogens is 3. The van der Waals surface area contributed by atoms with Crippen LogP contribution in [-0.2, 0) is 16.7 Å². The van der Waals surface area contributed by atoms with Gasteiger partial charge in [0.15, 0.2) is 12.0 Å². The Morgan fingerprint density at radius 1 is 1.26 bits per heavy atom. The van der Waals surface area contributed by atoms with Crippen molar-refractivity contribution in [2.45, 2.75) is 19.4 Å². The molecule has 1 unspecified atom stereocenters. The highest BCUT2D eigenvalue weighted by Crippen LogP contribution is 2.39. The van der Waals surface area contributed by atoms with Crippen LogP contribution in [0.15, 0.2) is 35.1 Å². The number of piperazine rings is 1. The quantitative estimate of drug-likeness (QED) is 0.602. The molecule has 0 aliphatic carbocycles. The van der Waals surface area contributed by atoms with E-state index < -0.39 is 24.0 Å². The molecule has 2 aliphatic rings. The van der Waals surface area contributed by atoms with E-state index in [0.717, 1.165) is 5.06 Å². The molecule has 2 aliphatic heterocycles. The van der Waals surface area contributed by atoms with E-state index in [1.807, 2.05) is 11.0 Å². The van der Waals surface area contributed by atoms with E-state index in [1.165, 1.54) is 16.5 Å². The molecule has 0 radical (unpaired) electrons. The second kappa shape index (κ2) is 9.85. The third-order valence-electron chi connectivity index (χ3n) is 5.58. The minimum atomic E-state index is -5.24. The number of alkyl halides is 3. The van der Waals surface area contributed by atoms with Gasteiger partial charge in [-0.3, -0.25) is 14.3 Å². The Bertz CT molecular complexity index is 1200. The van der Waals surface area contributed by atoms with E-state index in [4.69, 9.17) is 4.84 Å². The smallest absolute Gasteiger partial charge is 0.327 e. The van der Waals surface area contributed by atoms with E-state index >= 15 is 0 Å². The predicted octanol–water partition coefficient (Wildman–Crippen LogP) is 1.38. The Labute approximate surface area is 199 Å². The Morgan fingerprint density at radius 3 is 2.57 bits per heavy atom. The number of fused-ring (bicyclic) bond motifs is 1. The van der Waals surface area contributed by atoms with Gasteiger partial charge in [0.25, 0.3) is 5.56 Å². The molecule has 13 heteroatoms. The Hall–Kier alpha value is -3.76. The highest BCUT2D eigenvalue weighted by Gasteiger charge is 2.50. The molecule has 3 heterocycles. The molecule has 1 saturated heterocycles. The van der Waals surface area contributed by atoms with Crippen LogP contribution in [0.2, 0.25) is 0 Å². The van der Waals surface area contributed by atoms with Crippen LogP contribution in [0.25, 0.3) is 0 Å². The molecule has 1 aromatic heterocycles. The summed E-state index contributed by atoms with van der Waals surface area (Å²) in [5.41, 5.74) is 0.0727. The van der Waals surface area contributed by atoms with Crippen LogP contribution in [0.1, 0.15) is 6.92 Å². The van der Waals surface area contributed by atoms with Crippen LogP contribution in [0.4, 0.5) is 36.3 Å². The predicted molar refractivity (Wildman–Crippen MR) is 123 cm³/mol. The number of aromatic nitrogens is 2. The first-order valence-electron chi connectivity index (χ1n) is 10.8. The highest BCUT2D eigenvalue weighted by molar-refractivity contribution is 5.80. The molecule has 2 aromatic rings. The normalized spacial score (nSPS) is 18.0. The van der Waals surface area contributed by atoms with Gasteiger partial charge in [-0.05, 0) is 19.1 Å². The lowest BCUT2D eigenvalue weighted by atomic mass is 10.3. The van der Waals surface area contributed by atoms with E-state index in [0.29, 0.717) is 31.9 Å². The lowest BCUT2D eigenvalue weighted by Gasteiger charge is -2.40. The van der Waals surface area contributed by atoms with Crippen molar-refractivity contribution in [3.05, 3.63) is 40.7 Å². The van der Waals surface area contributed by atoms with Crippen molar-refractivity contribution < 1.29 is 22.8 Å². The van der Waals surface area contributed by atoms with Crippen LogP contribution in [0, 0.1) is 11.8 Å². The van der Waals surface area contributed by atoms with E-state index in [9.17, 15) is 22.8 Å². The summed E-state index contributed by atoms with van der Waals surface area (Å²) in [6, 6.07) is 8.85. The highest BCUT2D eigenvalue weighted by atomic mass is 19.4. The molecule has 35 heavy (non-hydrogen) atoms. The first-order chi connectivity index (χ1) is 16.7. The summed E-state index contributed by atoms with van der Waals surface area (Å²) in [5.74, 6) is 3.05. The molecular formula is C22H24F3N7O3. The standard InChI is InChI=1S/C22H24F3N7O3/c1-3-4-12-31-16-17(28-20(29(2)18(16)33)27-15-8-6-5-7-9-15)32(35-19(34)22(23,24)25)21(31)30-13-10-26-11-14-30/h5-9,21,26H,10-14H2,1-2H3,(H,27,28). The van der Waals surface area contributed by atoms with Gasteiger partial charge in [-0.1, -0.05) is 24.1 Å². The molecule has 10 nitrogen and oxygen atoms in total. The van der Waals surface area contributed by atoms with Crippen molar-refractivity contribution in [3.8, 4) is 11.8 Å². The van der Waals surface area contributed by atoms with E-state index in [2.05, 4.69) is 27.5 Å². The van der Waals surface area contributed by atoms with Crippen LogP contribution in [0.5, 0.6) is 0 Å². The minimum absolute atomic E-state index is 0.00707. The zero-order valence-corrected chi connectivity index (χ0v) is 19.1. The molecule has 0 saturated carbocycles. The average Bonchev–Trinajstić information content (AvgIpc) is 3.14. The van der Waals surface area contributed by atoms with Crippen molar-refractivity contribution in [1.82, 2.24) is 19.8 Å². The first-order valence-corrected chi connectivity index (χ1v) is 10.8. The van der Waals surface area contributed by atoms with E-state index in [1.54, 1.807) is 31.2 Å². The first kappa shape index (κ1) is 24.4. The van der Waals surface area contributed by atoms with Gasteiger partial charge in [0.05, 0.1) is 6.54 Å². The van der Waals surface area contributed by atoms with Gasteiger partial charge in [-0.2, -0.15) is 18.2 Å². The molecule has 0 bridgehead atoms. The number of nitrogens with one attached hydrogen (secondary N) is 2. The minimum Gasteiger partial charge on any atom is -0.327 e. The summed E-state index contributed by atoms with van der Waals surface area (Å²) >= 11 is 0. The fraction of sp³-hybridized carbons (Fsp3) is 0.409. The monoisotopic (exact) mass is 491 g/mol. The van der Waals surface area contributed by atoms with Crippen LogP contribution >= 0.6 is 0 Å². The number of benzene rings is 1. The maximum Gasteiger partial charge on any atom is 0.493 e. The summed E-state index contributed by atoms with van der Waals surface area (Å²) in [6.07, 6.45) is -6.28. The number of nitrogens with zero attached hydrogens (tertiary/aromatic N) is 5. The van der Waals surface area contributed by atoms with Gasteiger partial charge in [0, 0.05) is 38.9 Å². The number of hydroxylamine groups is 1. The molecular weight excluding hydrogens is 467 g/mol. The second-order valence-corrected chi connectivity index (χ2v) is 7.85. The lowest BCUT2D eigenvalue weighted by molar-refractivity contribution is -0.203. The number of anilines is 4. The SMILES string of the molecule is CC#CCN1c2c(nc(Nc3ccccc3)n(C)c2=O)N(OC(=O)C(F)(F)F)C1N1CCNCC1. The zero-order chi connectivity index (χ0) is 25.2. The molecule has 1 atom stereocenters. The summed E-state index contributed by atoms with van der Waals surface area (Å²) in [5, 5.41) is 6.93. The number of carbonyl (C=O) groups is 1. The lowest BCUT2D eigenvalue weighted by Crippen LogP contribution is -2.61. The number of carbonyl (C=O) groups excluding carboxylic acids is 1. The average molecular weight is 491 g/mol. The molecule has 1 fully saturated rings. The molecule has 0 spiro atoms. The Kier molecular flexibility index (Phi) is 6.86. The van der Waals surface area contributed by atoms with E-state index in [-0.39, 0.29) is 24.0 Å². The molecule has 4 rings (SSSR count). The molecule has 1 aromatic carbocycles. The molecule has 2 N–H and O–H groups in total. The largest absolute Gasteiger partial charge is 0.493 e. The summed E-state index contributed by atoms with van der Waals surface area (Å²) in [7, 11) is 1.49. The summed E-state index contributed by atoms with van der Waals surface area (Å²) < 4.78 is 40.8. The van der Waals surface area contributed by atoms with Crippen LogP contribution < -0.4 is 26.2 Å². The molecule has 186 valence electrons. The van der Waals surface area contributed by atoms with Gasteiger partial charge >= 0.3 is 12.1 Å².